The Morgan fingerprint density at radius 1 is 1.54 bits per heavy atom. The van der Waals surface area contributed by atoms with E-state index in [1.807, 2.05) is 30.4 Å². The Morgan fingerprint density at radius 3 is 3.23 bits per heavy atom. The van der Waals surface area contributed by atoms with E-state index in [4.69, 9.17) is 4.42 Å². The topological polar surface area (TPSA) is 25.5 Å². The minimum absolute atomic E-state index is 0.589. The van der Waals surface area contributed by atoms with Gasteiger partial charge >= 0.3 is 0 Å². The molecule has 2 heteroatoms. The maximum absolute atomic E-state index is 5.13. The summed E-state index contributed by atoms with van der Waals surface area (Å²) in [4.78, 5) is 4.21. The van der Waals surface area contributed by atoms with Crippen molar-refractivity contribution in [3.05, 3.63) is 53.7 Å². The lowest BCUT2D eigenvalue weighted by Crippen LogP contribution is -1.79. The molecule has 1 aliphatic rings. The monoisotopic (exact) mass is 171 g/mol. The highest BCUT2D eigenvalue weighted by atomic mass is 16.3. The van der Waals surface area contributed by atoms with Gasteiger partial charge in [-0.15, -0.1) is 5.73 Å². The molecule has 0 aliphatic heterocycles. The zero-order valence-electron chi connectivity index (χ0n) is 7.10. The van der Waals surface area contributed by atoms with Crippen molar-refractivity contribution in [3.63, 3.8) is 0 Å². The highest BCUT2D eigenvalue weighted by Gasteiger charge is 1.92. The quantitative estimate of drug-likeness (QED) is 0.506. The summed E-state index contributed by atoms with van der Waals surface area (Å²) in [6.07, 6.45) is 9.22. The second-order valence-corrected chi connectivity index (χ2v) is 2.67. The van der Waals surface area contributed by atoms with E-state index >= 15 is 0 Å². The van der Waals surface area contributed by atoms with E-state index in [-0.39, 0.29) is 0 Å². The molecule has 1 aliphatic carbocycles. The molecule has 0 bridgehead atoms. The summed E-state index contributed by atoms with van der Waals surface area (Å²) < 4.78 is 5.13. The minimum Gasteiger partial charge on any atom is -0.467 e. The van der Waals surface area contributed by atoms with Crippen LogP contribution in [0.1, 0.15) is 5.76 Å². The van der Waals surface area contributed by atoms with Crippen LogP contribution in [0, 0.1) is 0 Å². The van der Waals surface area contributed by atoms with E-state index in [1.54, 1.807) is 12.5 Å². The molecule has 0 N–H and O–H groups in total. The van der Waals surface area contributed by atoms with Crippen molar-refractivity contribution in [3.8, 4) is 0 Å². The fourth-order valence-corrected chi connectivity index (χ4v) is 1.06. The van der Waals surface area contributed by atoms with Gasteiger partial charge in [-0.3, -0.25) is 4.99 Å². The molecule has 0 fully saturated rings. The van der Waals surface area contributed by atoms with Gasteiger partial charge < -0.3 is 4.42 Å². The summed E-state index contributed by atoms with van der Waals surface area (Å²) in [5, 5.41) is 0. The molecule has 2 nitrogen and oxygen atoms in total. The largest absolute Gasteiger partial charge is 0.467 e. The van der Waals surface area contributed by atoms with Crippen LogP contribution in [0.2, 0.25) is 0 Å². The third-order valence-corrected chi connectivity index (χ3v) is 1.68. The van der Waals surface area contributed by atoms with Crippen LogP contribution in [0.15, 0.2) is 57.3 Å². The molecule has 0 unspecified atom stereocenters. The molecule has 0 aromatic carbocycles. The van der Waals surface area contributed by atoms with Crippen molar-refractivity contribution in [2.45, 2.75) is 6.54 Å². The minimum atomic E-state index is 0.589. The standard InChI is InChI=1S/C11H9NO/c1-2-5-10(4-1)8-12-9-11-6-3-7-13-11/h1-4,6-8H,9H2. The lowest BCUT2D eigenvalue weighted by atomic mass is 10.3. The first-order valence-electron chi connectivity index (χ1n) is 4.11. The SMILES string of the molecule is C1=CC=CC=1C=NCc1ccco1. The Kier molecular flexibility index (Phi) is 2.26. The summed E-state index contributed by atoms with van der Waals surface area (Å²) in [7, 11) is 0. The van der Waals surface area contributed by atoms with Gasteiger partial charge in [-0.25, -0.2) is 0 Å². The van der Waals surface area contributed by atoms with Crippen LogP contribution in [-0.4, -0.2) is 6.21 Å². The Morgan fingerprint density at radius 2 is 2.54 bits per heavy atom. The van der Waals surface area contributed by atoms with E-state index in [0.29, 0.717) is 6.54 Å². The Bertz CT molecular complexity index is 390. The fraction of sp³-hybridized carbons (Fsp3) is 0.0909. The van der Waals surface area contributed by atoms with Gasteiger partial charge in [0.15, 0.2) is 0 Å². The highest BCUT2D eigenvalue weighted by Crippen LogP contribution is 2.03. The molecule has 0 saturated heterocycles. The maximum Gasteiger partial charge on any atom is 0.125 e. The number of rotatable bonds is 3. The number of furan rings is 1. The molecule has 0 atom stereocenters. The van der Waals surface area contributed by atoms with Crippen LogP contribution in [0.4, 0.5) is 0 Å². The van der Waals surface area contributed by atoms with Gasteiger partial charge in [0.25, 0.3) is 0 Å². The Hall–Kier alpha value is -1.79. The molecule has 1 aromatic rings. The van der Waals surface area contributed by atoms with Crippen LogP contribution in [0.5, 0.6) is 0 Å². The van der Waals surface area contributed by atoms with Crippen LogP contribution in [0.3, 0.4) is 0 Å². The lowest BCUT2D eigenvalue weighted by molar-refractivity contribution is 0.513. The molecule has 13 heavy (non-hydrogen) atoms. The molecular weight excluding hydrogens is 162 g/mol. The maximum atomic E-state index is 5.13. The first-order chi connectivity index (χ1) is 6.45. The van der Waals surface area contributed by atoms with Crippen LogP contribution < -0.4 is 0 Å². The molecule has 64 valence electrons. The summed E-state index contributed by atoms with van der Waals surface area (Å²) >= 11 is 0. The van der Waals surface area contributed by atoms with Crippen molar-refractivity contribution in [2.75, 3.05) is 0 Å². The van der Waals surface area contributed by atoms with Gasteiger partial charge in [0.1, 0.15) is 5.76 Å². The summed E-state index contributed by atoms with van der Waals surface area (Å²) in [5.41, 5.74) is 4.04. The van der Waals surface area contributed by atoms with Gasteiger partial charge in [-0.1, -0.05) is 6.08 Å². The predicted octanol–water partition coefficient (Wildman–Crippen LogP) is 2.50. The normalized spacial score (nSPS) is 14.3. The second-order valence-electron chi connectivity index (χ2n) is 2.67. The molecule has 2 rings (SSSR count). The van der Waals surface area contributed by atoms with Crippen molar-refractivity contribution >= 4 is 6.21 Å². The zero-order chi connectivity index (χ0) is 8.93. The summed E-state index contributed by atoms with van der Waals surface area (Å²) in [6, 6.07) is 3.77. The van der Waals surface area contributed by atoms with Gasteiger partial charge in [0, 0.05) is 11.8 Å². The predicted molar refractivity (Wildman–Crippen MR) is 51.6 cm³/mol. The van der Waals surface area contributed by atoms with Gasteiger partial charge in [0.2, 0.25) is 0 Å². The van der Waals surface area contributed by atoms with Gasteiger partial charge in [0.05, 0.1) is 12.8 Å². The van der Waals surface area contributed by atoms with Gasteiger partial charge in [-0.05, 0) is 24.3 Å². The van der Waals surface area contributed by atoms with E-state index in [9.17, 15) is 0 Å². The molecule has 0 spiro atoms. The first-order valence-corrected chi connectivity index (χ1v) is 4.11. The third-order valence-electron chi connectivity index (χ3n) is 1.68. The highest BCUT2D eigenvalue weighted by molar-refractivity contribution is 5.83. The zero-order valence-corrected chi connectivity index (χ0v) is 7.10. The van der Waals surface area contributed by atoms with Crippen LogP contribution in [-0.2, 0) is 6.54 Å². The Balaban J connectivity index is 1.93. The smallest absolute Gasteiger partial charge is 0.125 e. The Labute approximate surface area is 76.6 Å². The van der Waals surface area contributed by atoms with E-state index < -0.39 is 0 Å². The van der Waals surface area contributed by atoms with E-state index in [1.165, 1.54) is 0 Å². The number of nitrogens with zero attached hydrogens (tertiary/aromatic N) is 1. The van der Waals surface area contributed by atoms with Crippen molar-refractivity contribution in [1.82, 2.24) is 0 Å². The van der Waals surface area contributed by atoms with Gasteiger partial charge in [-0.2, -0.15) is 0 Å². The molecule has 1 aromatic heterocycles. The molecule has 0 radical (unpaired) electrons. The molecule has 1 heterocycles. The fourth-order valence-electron chi connectivity index (χ4n) is 1.06. The number of hydrogen-bond acceptors (Lipinski definition) is 2. The molecule has 0 amide bonds. The second kappa shape index (κ2) is 3.74. The van der Waals surface area contributed by atoms with Crippen molar-refractivity contribution in [1.29, 1.82) is 0 Å². The summed E-state index contributed by atoms with van der Waals surface area (Å²) in [5.74, 6) is 0.878. The van der Waals surface area contributed by atoms with Crippen LogP contribution >= 0.6 is 0 Å². The number of aliphatic imine (C=N–C) groups is 1. The average molecular weight is 171 g/mol. The molecule has 0 saturated carbocycles. The average Bonchev–Trinajstić information content (AvgIpc) is 2.75. The lowest BCUT2D eigenvalue weighted by Gasteiger charge is -1.87. The van der Waals surface area contributed by atoms with E-state index in [2.05, 4.69) is 10.7 Å². The third kappa shape index (κ3) is 2.08. The summed E-state index contributed by atoms with van der Waals surface area (Å²) in [6.45, 7) is 0.589. The van der Waals surface area contributed by atoms with E-state index in [0.717, 1.165) is 11.3 Å². The number of hydrogen-bond donors (Lipinski definition) is 0. The molecular formula is C11H9NO. The van der Waals surface area contributed by atoms with Crippen LogP contribution in [0.25, 0.3) is 0 Å². The van der Waals surface area contributed by atoms with Crippen molar-refractivity contribution in [2.24, 2.45) is 4.99 Å². The number of allylic oxidation sites excluding steroid dienone is 3. The van der Waals surface area contributed by atoms with Crippen molar-refractivity contribution < 1.29 is 4.42 Å². The first kappa shape index (κ1) is 7.84.